The Morgan fingerprint density at radius 1 is 1.00 bits per heavy atom. The van der Waals surface area contributed by atoms with Crippen LogP contribution in [0, 0.1) is 5.92 Å². The Hall–Kier alpha value is -2.95. The summed E-state index contributed by atoms with van der Waals surface area (Å²) in [5, 5.41) is 0. The first-order chi connectivity index (χ1) is 13.1. The SMILES string of the molecule is CCOC(=O)[C@H]1CCCN(C(=O)c2ccccc2C(=O)c2ccccc2)C1. The van der Waals surface area contributed by atoms with Crippen LogP contribution in [-0.4, -0.2) is 42.3 Å². The molecule has 1 aliphatic heterocycles. The monoisotopic (exact) mass is 365 g/mol. The lowest BCUT2D eigenvalue weighted by Crippen LogP contribution is -2.43. The number of amides is 1. The topological polar surface area (TPSA) is 63.7 Å². The molecule has 27 heavy (non-hydrogen) atoms. The second-order valence-electron chi connectivity index (χ2n) is 6.58. The molecule has 0 saturated carbocycles. The van der Waals surface area contributed by atoms with E-state index in [9.17, 15) is 14.4 Å². The van der Waals surface area contributed by atoms with Gasteiger partial charge in [-0.1, -0.05) is 48.5 Å². The third-order valence-corrected chi connectivity index (χ3v) is 4.77. The summed E-state index contributed by atoms with van der Waals surface area (Å²) in [4.78, 5) is 39.7. The highest BCUT2D eigenvalue weighted by molar-refractivity contribution is 6.15. The smallest absolute Gasteiger partial charge is 0.310 e. The van der Waals surface area contributed by atoms with Crippen LogP contribution in [0.1, 0.15) is 46.0 Å². The van der Waals surface area contributed by atoms with E-state index < -0.39 is 0 Å². The van der Waals surface area contributed by atoms with Crippen molar-refractivity contribution in [2.24, 2.45) is 5.92 Å². The van der Waals surface area contributed by atoms with Crippen molar-refractivity contribution in [3.05, 3.63) is 71.3 Å². The van der Waals surface area contributed by atoms with Crippen molar-refractivity contribution in [1.82, 2.24) is 4.90 Å². The minimum atomic E-state index is -0.306. The fourth-order valence-electron chi connectivity index (χ4n) is 3.40. The van der Waals surface area contributed by atoms with Crippen LogP contribution in [0.3, 0.4) is 0 Å². The molecular formula is C22H23NO4. The number of nitrogens with zero attached hydrogens (tertiary/aromatic N) is 1. The van der Waals surface area contributed by atoms with Gasteiger partial charge in [-0.05, 0) is 25.8 Å². The normalized spacial score (nSPS) is 16.6. The lowest BCUT2D eigenvalue weighted by atomic mass is 9.94. The second kappa shape index (κ2) is 8.62. The number of likely N-dealkylation sites (tertiary alicyclic amines) is 1. The molecule has 1 heterocycles. The molecule has 0 unspecified atom stereocenters. The minimum Gasteiger partial charge on any atom is -0.466 e. The summed E-state index contributed by atoms with van der Waals surface area (Å²) < 4.78 is 5.10. The van der Waals surface area contributed by atoms with Gasteiger partial charge >= 0.3 is 5.97 Å². The molecule has 0 aliphatic carbocycles. The van der Waals surface area contributed by atoms with Crippen LogP contribution in [0.25, 0.3) is 0 Å². The second-order valence-corrected chi connectivity index (χ2v) is 6.58. The zero-order valence-corrected chi connectivity index (χ0v) is 15.4. The third kappa shape index (κ3) is 4.25. The molecule has 1 fully saturated rings. The molecule has 0 bridgehead atoms. The summed E-state index contributed by atoms with van der Waals surface area (Å²) in [5.41, 5.74) is 1.30. The van der Waals surface area contributed by atoms with Gasteiger partial charge in [0, 0.05) is 24.2 Å². The number of piperidine rings is 1. The van der Waals surface area contributed by atoms with Gasteiger partial charge in [0.1, 0.15) is 0 Å². The van der Waals surface area contributed by atoms with Crippen LogP contribution >= 0.6 is 0 Å². The molecule has 0 aromatic heterocycles. The van der Waals surface area contributed by atoms with E-state index in [2.05, 4.69) is 0 Å². The van der Waals surface area contributed by atoms with Gasteiger partial charge in [0.2, 0.25) is 0 Å². The van der Waals surface area contributed by atoms with Crippen LogP contribution < -0.4 is 0 Å². The molecule has 2 aromatic rings. The number of carbonyl (C=O) groups excluding carboxylic acids is 3. The molecule has 1 aliphatic rings. The summed E-state index contributed by atoms with van der Waals surface area (Å²) in [6.45, 7) is 3.00. The van der Waals surface area contributed by atoms with Crippen LogP contribution in [0.5, 0.6) is 0 Å². The number of benzene rings is 2. The maximum atomic E-state index is 13.1. The van der Waals surface area contributed by atoms with Crippen molar-refractivity contribution in [2.75, 3.05) is 19.7 Å². The van der Waals surface area contributed by atoms with E-state index >= 15 is 0 Å². The van der Waals surface area contributed by atoms with Gasteiger partial charge in [-0.15, -0.1) is 0 Å². The largest absolute Gasteiger partial charge is 0.466 e. The van der Waals surface area contributed by atoms with Gasteiger partial charge in [0.15, 0.2) is 5.78 Å². The van der Waals surface area contributed by atoms with Crippen LogP contribution in [0.15, 0.2) is 54.6 Å². The highest BCUT2D eigenvalue weighted by Crippen LogP contribution is 2.22. The van der Waals surface area contributed by atoms with Gasteiger partial charge < -0.3 is 9.64 Å². The number of esters is 1. The Balaban J connectivity index is 1.83. The molecule has 0 N–H and O–H groups in total. The number of ether oxygens (including phenoxy) is 1. The number of hydrogen-bond acceptors (Lipinski definition) is 4. The molecule has 5 heteroatoms. The minimum absolute atomic E-state index is 0.182. The maximum Gasteiger partial charge on any atom is 0.310 e. The summed E-state index contributed by atoms with van der Waals surface area (Å²) >= 11 is 0. The quantitative estimate of drug-likeness (QED) is 0.602. The zero-order chi connectivity index (χ0) is 19.2. The molecule has 1 amide bonds. The van der Waals surface area contributed by atoms with Crippen molar-refractivity contribution in [1.29, 1.82) is 0 Å². The Labute approximate surface area is 158 Å². The Kier molecular flexibility index (Phi) is 6.01. The van der Waals surface area contributed by atoms with Gasteiger partial charge in [-0.25, -0.2) is 0 Å². The van der Waals surface area contributed by atoms with Gasteiger partial charge in [-0.3, -0.25) is 14.4 Å². The molecule has 0 spiro atoms. The van der Waals surface area contributed by atoms with Crippen molar-refractivity contribution in [3.8, 4) is 0 Å². The van der Waals surface area contributed by atoms with Gasteiger partial charge in [0.05, 0.1) is 18.1 Å². The van der Waals surface area contributed by atoms with Crippen molar-refractivity contribution >= 4 is 17.7 Å². The van der Waals surface area contributed by atoms with E-state index in [1.54, 1.807) is 60.4 Å². The summed E-state index contributed by atoms with van der Waals surface area (Å²) in [6, 6.07) is 15.8. The summed E-state index contributed by atoms with van der Waals surface area (Å²) in [7, 11) is 0. The number of carbonyl (C=O) groups is 3. The van der Waals surface area contributed by atoms with E-state index in [0.717, 1.165) is 6.42 Å². The lowest BCUT2D eigenvalue weighted by molar-refractivity contribution is -0.149. The van der Waals surface area contributed by atoms with Gasteiger partial charge in [-0.2, -0.15) is 0 Å². The molecule has 1 saturated heterocycles. The van der Waals surface area contributed by atoms with Crippen LogP contribution in [0.2, 0.25) is 0 Å². The number of hydrogen-bond donors (Lipinski definition) is 0. The first-order valence-corrected chi connectivity index (χ1v) is 9.26. The van der Waals surface area contributed by atoms with E-state index in [1.165, 1.54) is 0 Å². The molecule has 2 aromatic carbocycles. The summed E-state index contributed by atoms with van der Waals surface area (Å²) in [5.74, 6) is -0.967. The van der Waals surface area contributed by atoms with Gasteiger partial charge in [0.25, 0.3) is 5.91 Å². The van der Waals surface area contributed by atoms with E-state index in [-0.39, 0.29) is 23.6 Å². The number of ketones is 1. The predicted octanol–water partition coefficient (Wildman–Crippen LogP) is 3.33. The average molecular weight is 365 g/mol. The van der Waals surface area contributed by atoms with Crippen molar-refractivity contribution in [2.45, 2.75) is 19.8 Å². The Bertz CT molecular complexity index is 831. The number of rotatable bonds is 5. The zero-order valence-electron chi connectivity index (χ0n) is 15.4. The fourth-order valence-corrected chi connectivity index (χ4v) is 3.40. The predicted molar refractivity (Wildman–Crippen MR) is 102 cm³/mol. The van der Waals surface area contributed by atoms with Crippen molar-refractivity contribution < 1.29 is 19.1 Å². The van der Waals surface area contributed by atoms with Crippen LogP contribution in [-0.2, 0) is 9.53 Å². The molecule has 3 rings (SSSR count). The molecular weight excluding hydrogens is 342 g/mol. The highest BCUT2D eigenvalue weighted by Gasteiger charge is 2.31. The lowest BCUT2D eigenvalue weighted by Gasteiger charge is -2.32. The van der Waals surface area contributed by atoms with E-state index in [4.69, 9.17) is 4.74 Å². The Morgan fingerprint density at radius 3 is 2.37 bits per heavy atom. The first-order valence-electron chi connectivity index (χ1n) is 9.26. The molecule has 1 atom stereocenters. The maximum absolute atomic E-state index is 13.1. The molecule has 0 radical (unpaired) electrons. The van der Waals surface area contributed by atoms with Crippen molar-refractivity contribution in [3.63, 3.8) is 0 Å². The summed E-state index contributed by atoms with van der Waals surface area (Å²) in [6.07, 6.45) is 1.46. The third-order valence-electron chi connectivity index (χ3n) is 4.77. The first kappa shape index (κ1) is 18.8. The fraction of sp³-hybridized carbons (Fsp3) is 0.318. The van der Waals surface area contributed by atoms with E-state index in [0.29, 0.717) is 42.8 Å². The standard InChI is InChI=1S/C22H23NO4/c1-2-27-22(26)17-11-8-14-23(15-17)21(25)19-13-7-6-12-18(19)20(24)16-9-4-3-5-10-16/h3-7,9-10,12-13,17H,2,8,11,14-15H2,1H3/t17-/m0/s1. The highest BCUT2D eigenvalue weighted by atomic mass is 16.5. The average Bonchev–Trinajstić information content (AvgIpc) is 2.73. The van der Waals surface area contributed by atoms with E-state index in [1.807, 2.05) is 6.07 Å². The molecule has 5 nitrogen and oxygen atoms in total. The Morgan fingerprint density at radius 2 is 1.67 bits per heavy atom. The van der Waals surface area contributed by atoms with Crippen LogP contribution in [0.4, 0.5) is 0 Å². The molecule has 140 valence electrons.